The maximum Gasteiger partial charge on any atom is 0.195 e. The molecule has 0 spiro atoms. The fraction of sp³-hybridized carbons (Fsp3) is 0.200. The summed E-state index contributed by atoms with van der Waals surface area (Å²) in [5.41, 5.74) is 2.50. The lowest BCUT2D eigenvalue weighted by Gasteiger charge is -1.94. The molecule has 0 saturated heterocycles. The molecule has 1 aromatic heterocycles. The van der Waals surface area contributed by atoms with E-state index < -0.39 is 0 Å². The minimum Gasteiger partial charge on any atom is -0.335 e. The van der Waals surface area contributed by atoms with Gasteiger partial charge in [-0.25, -0.2) is 4.98 Å². The van der Waals surface area contributed by atoms with Crippen LogP contribution < -0.4 is 0 Å². The molecule has 1 N–H and O–H groups in total. The normalized spacial score (nSPS) is 10.8. The predicted octanol–water partition coefficient (Wildman–Crippen LogP) is 2.73. The Kier molecular flexibility index (Phi) is 2.04. The Labute approximate surface area is 86.1 Å². The van der Waals surface area contributed by atoms with Gasteiger partial charge in [0.05, 0.1) is 10.5 Å². The van der Waals surface area contributed by atoms with Crippen LogP contribution in [0.15, 0.2) is 12.1 Å². The molecule has 72 valence electrons. The third-order valence-electron chi connectivity index (χ3n) is 2.02. The number of carbonyl (C=O) groups excluding carboxylic acids is 1. The number of ketones is 1. The number of Topliss-reactive ketones (excluding diaryl/α,β-unsaturated/α-hetero) is 1. The lowest BCUT2D eigenvalue weighted by Crippen LogP contribution is -1.93. The highest BCUT2D eigenvalue weighted by atomic mass is 35.5. The number of hydrogen-bond acceptors (Lipinski definition) is 2. The van der Waals surface area contributed by atoms with Gasteiger partial charge in [0.15, 0.2) is 11.6 Å². The molecule has 0 aliphatic carbocycles. The van der Waals surface area contributed by atoms with Gasteiger partial charge in [0.25, 0.3) is 0 Å². The van der Waals surface area contributed by atoms with Gasteiger partial charge in [-0.05, 0) is 24.6 Å². The molecule has 4 heteroatoms. The van der Waals surface area contributed by atoms with Gasteiger partial charge in [-0.15, -0.1) is 0 Å². The standard InChI is InChI=1S/C10H9ClN2O/c1-5-3-7(11)9-8(4-5)12-10(13-9)6(2)14/h3-4H,1-2H3,(H,12,13). The zero-order valence-electron chi connectivity index (χ0n) is 7.89. The summed E-state index contributed by atoms with van der Waals surface area (Å²) in [6.07, 6.45) is 0. The summed E-state index contributed by atoms with van der Waals surface area (Å²) >= 11 is 5.99. The van der Waals surface area contributed by atoms with Gasteiger partial charge in [-0.1, -0.05) is 11.6 Å². The summed E-state index contributed by atoms with van der Waals surface area (Å²) in [5, 5.41) is 0.573. The van der Waals surface area contributed by atoms with Gasteiger partial charge in [-0.3, -0.25) is 4.79 Å². The molecule has 14 heavy (non-hydrogen) atoms. The molecule has 0 unspecified atom stereocenters. The minimum absolute atomic E-state index is 0.0880. The van der Waals surface area contributed by atoms with Crippen molar-refractivity contribution in [3.05, 3.63) is 28.5 Å². The lowest BCUT2D eigenvalue weighted by molar-refractivity contribution is 0.100. The van der Waals surface area contributed by atoms with E-state index in [9.17, 15) is 4.79 Å². The smallest absolute Gasteiger partial charge is 0.195 e. The zero-order chi connectivity index (χ0) is 10.3. The summed E-state index contributed by atoms with van der Waals surface area (Å²) in [7, 11) is 0. The second-order valence-electron chi connectivity index (χ2n) is 3.28. The van der Waals surface area contributed by atoms with E-state index >= 15 is 0 Å². The summed E-state index contributed by atoms with van der Waals surface area (Å²) in [6.45, 7) is 3.41. The predicted molar refractivity (Wildman–Crippen MR) is 55.8 cm³/mol. The summed E-state index contributed by atoms with van der Waals surface area (Å²) in [6, 6.07) is 3.75. The van der Waals surface area contributed by atoms with Crippen LogP contribution in [0.3, 0.4) is 0 Å². The Morgan fingerprint density at radius 3 is 2.86 bits per heavy atom. The van der Waals surface area contributed by atoms with Crippen molar-refractivity contribution >= 4 is 28.4 Å². The van der Waals surface area contributed by atoms with E-state index in [-0.39, 0.29) is 5.78 Å². The van der Waals surface area contributed by atoms with Crippen molar-refractivity contribution in [2.75, 3.05) is 0 Å². The van der Waals surface area contributed by atoms with Crippen molar-refractivity contribution in [3.8, 4) is 0 Å². The van der Waals surface area contributed by atoms with Gasteiger partial charge in [0.1, 0.15) is 5.52 Å². The van der Waals surface area contributed by atoms with Crippen LogP contribution in [0.2, 0.25) is 5.02 Å². The molecule has 0 fully saturated rings. The summed E-state index contributed by atoms with van der Waals surface area (Å²) < 4.78 is 0. The molecule has 2 aromatic rings. The molecule has 3 nitrogen and oxygen atoms in total. The molecule has 0 aliphatic rings. The number of nitrogens with one attached hydrogen (secondary N) is 1. The average Bonchev–Trinajstić information content (AvgIpc) is 2.47. The van der Waals surface area contributed by atoms with Gasteiger partial charge >= 0.3 is 0 Å². The maximum atomic E-state index is 11.1. The molecule has 1 heterocycles. The van der Waals surface area contributed by atoms with E-state index in [4.69, 9.17) is 11.6 Å². The number of H-pyrrole nitrogens is 1. The highest BCUT2D eigenvalue weighted by Crippen LogP contribution is 2.23. The summed E-state index contributed by atoms with van der Waals surface area (Å²) in [4.78, 5) is 18.1. The first kappa shape index (κ1) is 9.21. The molecule has 0 saturated carbocycles. The van der Waals surface area contributed by atoms with Crippen LogP contribution in [0.1, 0.15) is 23.1 Å². The fourth-order valence-corrected chi connectivity index (χ4v) is 1.69. The van der Waals surface area contributed by atoms with Crippen LogP contribution in [0.5, 0.6) is 0 Å². The molecule has 2 rings (SSSR count). The number of aromatic amines is 1. The number of hydrogen-bond donors (Lipinski definition) is 1. The first-order valence-corrected chi connectivity index (χ1v) is 4.62. The Morgan fingerprint density at radius 1 is 1.50 bits per heavy atom. The Bertz CT molecular complexity index is 516. The van der Waals surface area contributed by atoms with Crippen LogP contribution in [0.4, 0.5) is 0 Å². The summed E-state index contributed by atoms with van der Waals surface area (Å²) in [5.74, 6) is 0.266. The van der Waals surface area contributed by atoms with E-state index in [1.165, 1.54) is 6.92 Å². The molecule has 0 bridgehead atoms. The fourth-order valence-electron chi connectivity index (χ4n) is 1.38. The quantitative estimate of drug-likeness (QED) is 0.733. The largest absolute Gasteiger partial charge is 0.335 e. The van der Waals surface area contributed by atoms with E-state index in [1.807, 2.05) is 19.1 Å². The van der Waals surface area contributed by atoms with Crippen molar-refractivity contribution in [1.29, 1.82) is 0 Å². The molecule has 0 amide bonds. The molecular weight excluding hydrogens is 200 g/mol. The van der Waals surface area contributed by atoms with Crippen molar-refractivity contribution in [2.45, 2.75) is 13.8 Å². The Balaban J connectivity index is 2.76. The first-order chi connectivity index (χ1) is 6.58. The lowest BCUT2D eigenvalue weighted by atomic mass is 10.2. The van der Waals surface area contributed by atoms with Crippen molar-refractivity contribution < 1.29 is 4.79 Å². The second kappa shape index (κ2) is 3.10. The second-order valence-corrected chi connectivity index (χ2v) is 3.69. The van der Waals surface area contributed by atoms with E-state index in [1.54, 1.807) is 0 Å². The van der Waals surface area contributed by atoms with Gasteiger partial charge in [0, 0.05) is 6.92 Å². The number of rotatable bonds is 1. The first-order valence-electron chi connectivity index (χ1n) is 4.25. The number of imidazole rings is 1. The molecule has 0 radical (unpaired) electrons. The molecule has 0 aliphatic heterocycles. The number of aromatic nitrogens is 2. The molecule has 1 aromatic carbocycles. The third kappa shape index (κ3) is 1.40. The molecule has 0 atom stereocenters. The van der Waals surface area contributed by atoms with Crippen molar-refractivity contribution in [2.24, 2.45) is 0 Å². The zero-order valence-corrected chi connectivity index (χ0v) is 8.64. The van der Waals surface area contributed by atoms with Crippen LogP contribution in [-0.2, 0) is 0 Å². The number of nitrogens with zero attached hydrogens (tertiary/aromatic N) is 1. The van der Waals surface area contributed by atoms with E-state index in [0.29, 0.717) is 16.4 Å². The molecular formula is C10H9ClN2O. The van der Waals surface area contributed by atoms with Gasteiger partial charge in [0.2, 0.25) is 0 Å². The highest BCUT2D eigenvalue weighted by Gasteiger charge is 2.09. The SMILES string of the molecule is CC(=O)c1nc2c(Cl)cc(C)cc2[nH]1. The maximum absolute atomic E-state index is 11.1. The van der Waals surface area contributed by atoms with Crippen molar-refractivity contribution in [3.63, 3.8) is 0 Å². The van der Waals surface area contributed by atoms with Gasteiger partial charge < -0.3 is 4.98 Å². The van der Waals surface area contributed by atoms with E-state index in [0.717, 1.165) is 11.1 Å². The average molecular weight is 209 g/mol. The van der Waals surface area contributed by atoms with Crippen LogP contribution in [0.25, 0.3) is 11.0 Å². The third-order valence-corrected chi connectivity index (χ3v) is 2.31. The van der Waals surface area contributed by atoms with Gasteiger partial charge in [-0.2, -0.15) is 0 Å². The number of fused-ring (bicyclic) bond motifs is 1. The van der Waals surface area contributed by atoms with E-state index in [2.05, 4.69) is 9.97 Å². The Morgan fingerprint density at radius 2 is 2.21 bits per heavy atom. The number of aryl methyl sites for hydroxylation is 1. The number of benzene rings is 1. The van der Waals surface area contributed by atoms with Crippen LogP contribution >= 0.6 is 11.6 Å². The highest BCUT2D eigenvalue weighted by molar-refractivity contribution is 6.35. The number of halogens is 1. The monoisotopic (exact) mass is 208 g/mol. The topological polar surface area (TPSA) is 45.8 Å². The van der Waals surface area contributed by atoms with Crippen LogP contribution in [0, 0.1) is 6.92 Å². The Hall–Kier alpha value is -1.35. The minimum atomic E-state index is -0.0880. The van der Waals surface area contributed by atoms with Crippen LogP contribution in [-0.4, -0.2) is 15.8 Å². The van der Waals surface area contributed by atoms with Crippen molar-refractivity contribution in [1.82, 2.24) is 9.97 Å². The number of carbonyl (C=O) groups is 1.